The van der Waals surface area contributed by atoms with Crippen molar-refractivity contribution < 1.29 is 14.3 Å². The molecule has 1 aromatic rings. The second kappa shape index (κ2) is 5.84. The number of likely N-dealkylation sites (tertiary alicyclic amines) is 1. The van der Waals surface area contributed by atoms with Gasteiger partial charge in [-0.2, -0.15) is 11.3 Å². The van der Waals surface area contributed by atoms with Crippen molar-refractivity contribution in [3.8, 4) is 0 Å². The van der Waals surface area contributed by atoms with Crippen LogP contribution in [-0.2, 0) is 9.47 Å². The van der Waals surface area contributed by atoms with Gasteiger partial charge >= 0.3 is 0 Å². The first kappa shape index (κ1) is 14.0. The van der Waals surface area contributed by atoms with Crippen molar-refractivity contribution in [2.75, 3.05) is 33.4 Å². The van der Waals surface area contributed by atoms with Gasteiger partial charge in [0.2, 0.25) is 0 Å². The van der Waals surface area contributed by atoms with Crippen LogP contribution in [0.5, 0.6) is 0 Å². The molecule has 1 spiro atoms. The molecule has 2 fully saturated rings. The molecule has 2 aliphatic heterocycles. The minimum Gasteiger partial charge on any atom is -0.385 e. The Hall–Kier alpha value is -0.910. The second-order valence-corrected chi connectivity index (χ2v) is 6.61. The highest BCUT2D eigenvalue weighted by atomic mass is 32.1. The van der Waals surface area contributed by atoms with Crippen LogP contribution in [0.15, 0.2) is 16.8 Å². The highest BCUT2D eigenvalue weighted by Crippen LogP contribution is 2.39. The lowest BCUT2D eigenvalue weighted by Gasteiger charge is -2.23. The lowest BCUT2D eigenvalue weighted by molar-refractivity contribution is 0.0113. The minimum atomic E-state index is -0.0932. The van der Waals surface area contributed by atoms with Gasteiger partial charge in [-0.15, -0.1) is 0 Å². The lowest BCUT2D eigenvalue weighted by atomic mass is 9.92. The first-order chi connectivity index (χ1) is 9.72. The molecule has 2 saturated heterocycles. The third-order valence-corrected chi connectivity index (χ3v) is 5.07. The lowest BCUT2D eigenvalue weighted by Crippen LogP contribution is -2.35. The Morgan fingerprint density at radius 2 is 2.55 bits per heavy atom. The van der Waals surface area contributed by atoms with Crippen LogP contribution in [0.1, 0.15) is 29.6 Å². The SMILES string of the molecule is COCC[C@@H]1CO[C@@]2(CCN(C(=O)c3ccsc3)C2)C1. The Labute approximate surface area is 123 Å². The first-order valence-corrected chi connectivity index (χ1v) is 8.11. The summed E-state index contributed by atoms with van der Waals surface area (Å²) >= 11 is 1.57. The number of methoxy groups -OCH3 is 1. The third-order valence-electron chi connectivity index (χ3n) is 4.39. The van der Waals surface area contributed by atoms with Crippen LogP contribution in [0.25, 0.3) is 0 Å². The number of ether oxygens (including phenoxy) is 2. The molecule has 2 aliphatic rings. The maximum Gasteiger partial charge on any atom is 0.254 e. The van der Waals surface area contributed by atoms with Gasteiger partial charge in [0.15, 0.2) is 0 Å². The number of hydrogen-bond donors (Lipinski definition) is 0. The van der Waals surface area contributed by atoms with Gasteiger partial charge in [0, 0.05) is 25.6 Å². The Balaban J connectivity index is 1.58. The average molecular weight is 295 g/mol. The summed E-state index contributed by atoms with van der Waals surface area (Å²) in [7, 11) is 1.74. The molecule has 0 radical (unpaired) electrons. The monoisotopic (exact) mass is 295 g/mol. The van der Waals surface area contributed by atoms with Gasteiger partial charge < -0.3 is 14.4 Å². The first-order valence-electron chi connectivity index (χ1n) is 7.17. The molecule has 0 aliphatic carbocycles. The highest BCUT2D eigenvalue weighted by Gasteiger charge is 2.46. The fourth-order valence-corrected chi connectivity index (χ4v) is 3.91. The van der Waals surface area contributed by atoms with Crippen LogP contribution < -0.4 is 0 Å². The van der Waals surface area contributed by atoms with E-state index in [4.69, 9.17) is 9.47 Å². The fraction of sp³-hybridized carbons (Fsp3) is 0.667. The second-order valence-electron chi connectivity index (χ2n) is 5.83. The quantitative estimate of drug-likeness (QED) is 0.856. The van der Waals surface area contributed by atoms with Crippen LogP contribution >= 0.6 is 11.3 Å². The van der Waals surface area contributed by atoms with Crippen molar-refractivity contribution in [2.24, 2.45) is 5.92 Å². The van der Waals surface area contributed by atoms with E-state index in [9.17, 15) is 4.79 Å². The Morgan fingerprint density at radius 1 is 1.65 bits per heavy atom. The van der Waals surface area contributed by atoms with Gasteiger partial charge in [0.05, 0.1) is 24.3 Å². The molecule has 3 rings (SSSR count). The molecular formula is C15H21NO3S. The summed E-state index contributed by atoms with van der Waals surface area (Å²) < 4.78 is 11.2. The molecule has 0 unspecified atom stereocenters. The Morgan fingerprint density at radius 3 is 3.30 bits per heavy atom. The van der Waals surface area contributed by atoms with Gasteiger partial charge in [-0.1, -0.05) is 0 Å². The van der Waals surface area contributed by atoms with E-state index in [0.717, 1.165) is 51.1 Å². The molecule has 2 atom stereocenters. The zero-order chi connectivity index (χ0) is 14.0. The van der Waals surface area contributed by atoms with E-state index in [1.54, 1.807) is 18.4 Å². The number of thiophene rings is 1. The molecule has 1 amide bonds. The van der Waals surface area contributed by atoms with Crippen molar-refractivity contribution in [3.05, 3.63) is 22.4 Å². The Kier molecular flexibility index (Phi) is 4.10. The third kappa shape index (κ3) is 2.75. The Bertz CT molecular complexity index is 462. The molecule has 5 heteroatoms. The average Bonchev–Trinajstić information content (AvgIpc) is 3.18. The van der Waals surface area contributed by atoms with Crippen LogP contribution in [0.3, 0.4) is 0 Å². The molecular weight excluding hydrogens is 274 g/mol. The summed E-state index contributed by atoms with van der Waals surface area (Å²) in [5.41, 5.74) is 0.713. The zero-order valence-electron chi connectivity index (χ0n) is 11.8. The van der Waals surface area contributed by atoms with E-state index in [2.05, 4.69) is 0 Å². The molecule has 0 aromatic carbocycles. The molecule has 110 valence electrons. The summed E-state index contributed by atoms with van der Waals surface area (Å²) in [6.07, 6.45) is 3.08. The van der Waals surface area contributed by atoms with Crippen molar-refractivity contribution in [3.63, 3.8) is 0 Å². The predicted molar refractivity (Wildman–Crippen MR) is 78.1 cm³/mol. The van der Waals surface area contributed by atoms with Crippen LogP contribution in [-0.4, -0.2) is 49.8 Å². The maximum absolute atomic E-state index is 12.4. The largest absolute Gasteiger partial charge is 0.385 e. The standard InChI is InChI=1S/C15H21NO3S/c1-18-6-2-12-8-15(19-9-12)4-5-16(11-15)14(17)13-3-7-20-10-13/h3,7,10,12H,2,4-6,8-9,11H2,1H3/t12-,15-/m0/s1. The molecule has 4 nitrogen and oxygen atoms in total. The molecule has 20 heavy (non-hydrogen) atoms. The van der Waals surface area contributed by atoms with Crippen LogP contribution in [0.4, 0.5) is 0 Å². The summed E-state index contributed by atoms with van der Waals surface area (Å²) in [6, 6.07) is 1.90. The summed E-state index contributed by atoms with van der Waals surface area (Å²) in [4.78, 5) is 14.3. The summed E-state index contributed by atoms with van der Waals surface area (Å²) in [5, 5.41) is 3.87. The van der Waals surface area contributed by atoms with E-state index in [-0.39, 0.29) is 11.5 Å². The van der Waals surface area contributed by atoms with Crippen molar-refractivity contribution in [1.29, 1.82) is 0 Å². The van der Waals surface area contributed by atoms with E-state index in [1.165, 1.54) is 0 Å². The van der Waals surface area contributed by atoms with Crippen molar-refractivity contribution in [1.82, 2.24) is 4.90 Å². The van der Waals surface area contributed by atoms with Gasteiger partial charge in [0.1, 0.15) is 0 Å². The van der Waals surface area contributed by atoms with E-state index >= 15 is 0 Å². The fourth-order valence-electron chi connectivity index (χ4n) is 3.28. The maximum atomic E-state index is 12.4. The number of amides is 1. The van der Waals surface area contributed by atoms with Crippen LogP contribution in [0, 0.1) is 5.92 Å². The minimum absolute atomic E-state index is 0.0932. The summed E-state index contributed by atoms with van der Waals surface area (Å²) in [5.74, 6) is 0.721. The van der Waals surface area contributed by atoms with Crippen molar-refractivity contribution in [2.45, 2.75) is 24.9 Å². The highest BCUT2D eigenvalue weighted by molar-refractivity contribution is 7.08. The van der Waals surface area contributed by atoms with Crippen molar-refractivity contribution >= 4 is 17.2 Å². The topological polar surface area (TPSA) is 38.8 Å². The predicted octanol–water partition coefficient (Wildman–Crippen LogP) is 2.41. The smallest absolute Gasteiger partial charge is 0.254 e. The number of nitrogens with zero attached hydrogens (tertiary/aromatic N) is 1. The molecule has 0 saturated carbocycles. The molecule has 0 bridgehead atoms. The van der Waals surface area contributed by atoms with E-state index in [1.807, 2.05) is 21.7 Å². The normalized spacial score (nSPS) is 29.4. The summed E-state index contributed by atoms with van der Waals surface area (Å²) in [6.45, 7) is 3.16. The molecule has 3 heterocycles. The van der Waals surface area contributed by atoms with Gasteiger partial charge in [-0.05, 0) is 36.6 Å². The number of hydrogen-bond acceptors (Lipinski definition) is 4. The van der Waals surface area contributed by atoms with Crippen LogP contribution in [0.2, 0.25) is 0 Å². The number of carbonyl (C=O) groups is 1. The zero-order valence-corrected chi connectivity index (χ0v) is 12.7. The molecule has 1 aromatic heterocycles. The van der Waals surface area contributed by atoms with Gasteiger partial charge in [0.25, 0.3) is 5.91 Å². The van der Waals surface area contributed by atoms with E-state index in [0.29, 0.717) is 5.92 Å². The number of rotatable bonds is 4. The van der Waals surface area contributed by atoms with E-state index < -0.39 is 0 Å². The molecule has 0 N–H and O–H groups in total. The number of carbonyl (C=O) groups excluding carboxylic acids is 1. The van der Waals surface area contributed by atoms with Gasteiger partial charge in [-0.3, -0.25) is 4.79 Å². The van der Waals surface area contributed by atoms with Gasteiger partial charge in [-0.25, -0.2) is 0 Å².